The first-order valence-electron chi connectivity index (χ1n) is 6.61. The van der Waals surface area contributed by atoms with Gasteiger partial charge >= 0.3 is 0 Å². The standard InChI is InChI=1S/C16H18N2O/c1-19-16-9-5-2-6-12(16)13-10-11-17-14-7-3-4-8-15(14)18-13/h2-9,13,17-18H,10-11H2,1H3/t13-/m1/s1. The molecule has 19 heavy (non-hydrogen) atoms. The van der Waals surface area contributed by atoms with Crippen LogP contribution in [0, 0.1) is 0 Å². The van der Waals surface area contributed by atoms with E-state index >= 15 is 0 Å². The van der Waals surface area contributed by atoms with E-state index in [4.69, 9.17) is 4.74 Å². The predicted octanol–water partition coefficient (Wildman–Crippen LogP) is 3.66. The van der Waals surface area contributed by atoms with E-state index < -0.39 is 0 Å². The van der Waals surface area contributed by atoms with Crippen LogP contribution in [0.5, 0.6) is 5.75 Å². The molecule has 0 bridgehead atoms. The zero-order valence-corrected chi connectivity index (χ0v) is 11.0. The summed E-state index contributed by atoms with van der Waals surface area (Å²) in [5.41, 5.74) is 3.53. The first kappa shape index (κ1) is 11.9. The van der Waals surface area contributed by atoms with Crippen LogP contribution in [0.1, 0.15) is 18.0 Å². The van der Waals surface area contributed by atoms with Gasteiger partial charge in [-0.2, -0.15) is 0 Å². The van der Waals surface area contributed by atoms with Gasteiger partial charge in [0.2, 0.25) is 0 Å². The molecule has 0 spiro atoms. The second kappa shape index (κ2) is 5.22. The van der Waals surface area contributed by atoms with Crippen LogP contribution < -0.4 is 15.4 Å². The van der Waals surface area contributed by atoms with Crippen molar-refractivity contribution in [3.63, 3.8) is 0 Å². The number of methoxy groups -OCH3 is 1. The third-order valence-corrected chi connectivity index (χ3v) is 3.52. The van der Waals surface area contributed by atoms with Gasteiger partial charge in [0.25, 0.3) is 0 Å². The second-order valence-corrected chi connectivity index (χ2v) is 4.70. The maximum Gasteiger partial charge on any atom is 0.124 e. The van der Waals surface area contributed by atoms with Crippen molar-refractivity contribution in [1.29, 1.82) is 0 Å². The number of ether oxygens (including phenoxy) is 1. The number of benzene rings is 2. The molecule has 3 heteroatoms. The number of rotatable bonds is 2. The van der Waals surface area contributed by atoms with Crippen molar-refractivity contribution in [1.82, 2.24) is 0 Å². The Morgan fingerprint density at radius 2 is 1.74 bits per heavy atom. The molecular formula is C16H18N2O. The Morgan fingerprint density at radius 3 is 2.58 bits per heavy atom. The minimum absolute atomic E-state index is 0.271. The molecule has 0 saturated carbocycles. The molecule has 3 nitrogen and oxygen atoms in total. The lowest BCUT2D eigenvalue weighted by molar-refractivity contribution is 0.406. The van der Waals surface area contributed by atoms with Gasteiger partial charge in [0, 0.05) is 12.1 Å². The van der Waals surface area contributed by atoms with E-state index in [1.807, 2.05) is 12.1 Å². The van der Waals surface area contributed by atoms with Gasteiger partial charge in [-0.15, -0.1) is 0 Å². The van der Waals surface area contributed by atoms with E-state index in [0.717, 1.165) is 24.4 Å². The monoisotopic (exact) mass is 254 g/mol. The highest BCUT2D eigenvalue weighted by atomic mass is 16.5. The van der Waals surface area contributed by atoms with E-state index in [9.17, 15) is 0 Å². The minimum atomic E-state index is 0.271. The Labute approximate surface area is 113 Å². The van der Waals surface area contributed by atoms with Crippen molar-refractivity contribution < 1.29 is 4.74 Å². The maximum absolute atomic E-state index is 5.47. The lowest BCUT2D eigenvalue weighted by Gasteiger charge is -2.20. The molecule has 3 rings (SSSR count). The molecule has 0 aromatic heterocycles. The van der Waals surface area contributed by atoms with Gasteiger partial charge in [0.05, 0.1) is 24.5 Å². The molecule has 0 fully saturated rings. The smallest absolute Gasteiger partial charge is 0.124 e. The molecule has 1 atom stereocenters. The van der Waals surface area contributed by atoms with Crippen LogP contribution in [0.3, 0.4) is 0 Å². The van der Waals surface area contributed by atoms with Crippen LogP contribution in [0.4, 0.5) is 11.4 Å². The number of hydrogen-bond donors (Lipinski definition) is 2. The number of nitrogens with one attached hydrogen (secondary N) is 2. The van der Waals surface area contributed by atoms with Crippen molar-refractivity contribution in [2.24, 2.45) is 0 Å². The van der Waals surface area contributed by atoms with E-state index in [1.165, 1.54) is 11.3 Å². The molecule has 1 heterocycles. The van der Waals surface area contributed by atoms with Gasteiger partial charge in [-0.3, -0.25) is 0 Å². The summed E-state index contributed by atoms with van der Waals surface area (Å²) in [4.78, 5) is 0. The van der Waals surface area contributed by atoms with Crippen molar-refractivity contribution in [3.8, 4) is 5.75 Å². The van der Waals surface area contributed by atoms with Crippen molar-refractivity contribution in [2.75, 3.05) is 24.3 Å². The van der Waals surface area contributed by atoms with E-state index in [0.29, 0.717) is 0 Å². The topological polar surface area (TPSA) is 33.3 Å². The van der Waals surface area contributed by atoms with Gasteiger partial charge in [0.15, 0.2) is 0 Å². The van der Waals surface area contributed by atoms with Gasteiger partial charge < -0.3 is 15.4 Å². The summed E-state index contributed by atoms with van der Waals surface area (Å²) in [7, 11) is 1.72. The summed E-state index contributed by atoms with van der Waals surface area (Å²) in [5.74, 6) is 0.944. The van der Waals surface area contributed by atoms with Gasteiger partial charge in [-0.1, -0.05) is 30.3 Å². The average Bonchev–Trinajstić information content (AvgIpc) is 2.69. The molecular weight excluding hydrogens is 236 g/mol. The summed E-state index contributed by atoms with van der Waals surface area (Å²) in [6.07, 6.45) is 1.02. The van der Waals surface area contributed by atoms with E-state index in [2.05, 4.69) is 47.0 Å². The summed E-state index contributed by atoms with van der Waals surface area (Å²) in [6.45, 7) is 0.951. The predicted molar refractivity (Wildman–Crippen MR) is 78.9 cm³/mol. The van der Waals surface area contributed by atoms with Crippen LogP contribution in [0.25, 0.3) is 0 Å². The first-order valence-corrected chi connectivity index (χ1v) is 6.61. The molecule has 0 amide bonds. The van der Waals surface area contributed by atoms with Gasteiger partial charge in [-0.05, 0) is 24.6 Å². The van der Waals surface area contributed by atoms with Gasteiger partial charge in [-0.25, -0.2) is 0 Å². The highest BCUT2D eigenvalue weighted by Crippen LogP contribution is 2.34. The lowest BCUT2D eigenvalue weighted by Crippen LogP contribution is -2.12. The molecule has 2 aromatic carbocycles. The fourth-order valence-electron chi connectivity index (χ4n) is 2.56. The SMILES string of the molecule is COc1ccccc1[C@H]1CCNc2ccccc2N1. The molecule has 2 N–H and O–H groups in total. The summed E-state index contributed by atoms with van der Waals surface area (Å²) in [5, 5.41) is 7.07. The third kappa shape index (κ3) is 2.36. The van der Waals surface area contributed by atoms with E-state index in [-0.39, 0.29) is 6.04 Å². The van der Waals surface area contributed by atoms with Crippen molar-refractivity contribution in [2.45, 2.75) is 12.5 Å². The molecule has 0 aliphatic carbocycles. The first-order chi connectivity index (χ1) is 9.38. The van der Waals surface area contributed by atoms with Crippen LogP contribution in [0.15, 0.2) is 48.5 Å². The fourth-order valence-corrected chi connectivity index (χ4v) is 2.56. The van der Waals surface area contributed by atoms with Crippen LogP contribution in [-0.2, 0) is 0 Å². The van der Waals surface area contributed by atoms with Crippen LogP contribution in [0.2, 0.25) is 0 Å². The average molecular weight is 254 g/mol. The minimum Gasteiger partial charge on any atom is -0.496 e. The Kier molecular flexibility index (Phi) is 3.27. The molecule has 0 radical (unpaired) electrons. The Morgan fingerprint density at radius 1 is 1.00 bits per heavy atom. The molecule has 1 aliphatic rings. The van der Waals surface area contributed by atoms with Crippen LogP contribution >= 0.6 is 0 Å². The van der Waals surface area contributed by atoms with E-state index in [1.54, 1.807) is 7.11 Å². The molecule has 0 saturated heterocycles. The van der Waals surface area contributed by atoms with Crippen molar-refractivity contribution >= 4 is 11.4 Å². The highest BCUT2D eigenvalue weighted by molar-refractivity contribution is 5.70. The largest absolute Gasteiger partial charge is 0.496 e. The molecule has 0 unspecified atom stereocenters. The third-order valence-electron chi connectivity index (χ3n) is 3.52. The number of anilines is 2. The summed E-state index contributed by atoms with van der Waals surface area (Å²) >= 11 is 0. The molecule has 98 valence electrons. The van der Waals surface area contributed by atoms with Crippen molar-refractivity contribution in [3.05, 3.63) is 54.1 Å². The number of fused-ring (bicyclic) bond motifs is 1. The zero-order valence-electron chi connectivity index (χ0n) is 11.0. The quantitative estimate of drug-likeness (QED) is 0.858. The molecule has 1 aliphatic heterocycles. The summed E-state index contributed by atoms with van der Waals surface area (Å²) in [6, 6.07) is 16.8. The highest BCUT2D eigenvalue weighted by Gasteiger charge is 2.19. The lowest BCUT2D eigenvalue weighted by atomic mass is 10.0. The normalized spacial score (nSPS) is 17.6. The summed E-state index contributed by atoms with van der Waals surface area (Å²) < 4.78 is 5.47. The maximum atomic E-state index is 5.47. The fraction of sp³-hybridized carbons (Fsp3) is 0.250. The second-order valence-electron chi connectivity index (χ2n) is 4.70. The Balaban J connectivity index is 1.94. The number of para-hydroxylation sites is 3. The Bertz CT molecular complexity index is 568. The zero-order chi connectivity index (χ0) is 13.1. The van der Waals surface area contributed by atoms with Crippen LogP contribution in [-0.4, -0.2) is 13.7 Å². The van der Waals surface area contributed by atoms with Gasteiger partial charge in [0.1, 0.15) is 5.75 Å². The Hall–Kier alpha value is -2.16. The molecule has 2 aromatic rings. The number of hydrogen-bond acceptors (Lipinski definition) is 3.